The van der Waals surface area contributed by atoms with E-state index in [0.717, 1.165) is 49.5 Å². The number of fused-ring (bicyclic) bond motifs is 1. The number of aromatic nitrogens is 2. The largest absolute Gasteiger partial charge is 0.484 e. The molecule has 0 bridgehead atoms. The fourth-order valence-corrected chi connectivity index (χ4v) is 3.79. The Morgan fingerprint density at radius 1 is 0.969 bits per heavy atom. The summed E-state index contributed by atoms with van der Waals surface area (Å²) < 4.78 is 43.1. The van der Waals surface area contributed by atoms with Crippen molar-refractivity contribution in [2.45, 2.75) is 26.2 Å². The Balaban J connectivity index is 1.29. The van der Waals surface area contributed by atoms with E-state index < -0.39 is 12.8 Å². The number of aryl methyl sites for hydroxylation is 1. The average molecular weight is 446 g/mol. The van der Waals surface area contributed by atoms with E-state index in [4.69, 9.17) is 4.74 Å². The first-order valence-electron chi connectivity index (χ1n) is 10.5. The highest BCUT2D eigenvalue weighted by atomic mass is 19.4. The van der Waals surface area contributed by atoms with Gasteiger partial charge in [0.25, 0.3) is 5.56 Å². The highest BCUT2D eigenvalue weighted by molar-refractivity contribution is 5.40. The summed E-state index contributed by atoms with van der Waals surface area (Å²) in [6.45, 7) is 5.42. The molecule has 0 amide bonds. The highest BCUT2D eigenvalue weighted by Crippen LogP contribution is 2.19. The lowest BCUT2D eigenvalue weighted by atomic mass is 10.2. The number of rotatable bonds is 6. The second-order valence-corrected chi connectivity index (χ2v) is 8.12. The number of piperazine rings is 1. The van der Waals surface area contributed by atoms with E-state index in [0.29, 0.717) is 12.2 Å². The van der Waals surface area contributed by atoms with Gasteiger partial charge in [0, 0.05) is 51.5 Å². The third-order valence-corrected chi connectivity index (χ3v) is 5.44. The van der Waals surface area contributed by atoms with Crippen LogP contribution in [0.4, 0.5) is 13.2 Å². The number of halogens is 3. The third kappa shape index (κ3) is 5.86. The van der Waals surface area contributed by atoms with Crippen LogP contribution >= 0.6 is 0 Å². The van der Waals surface area contributed by atoms with E-state index in [-0.39, 0.29) is 11.3 Å². The zero-order chi connectivity index (χ0) is 22.7. The van der Waals surface area contributed by atoms with E-state index in [1.54, 1.807) is 40.9 Å². The minimum Gasteiger partial charge on any atom is -0.484 e. The van der Waals surface area contributed by atoms with Crippen LogP contribution in [-0.2, 0) is 13.1 Å². The SMILES string of the molecule is Cc1ccc2nc(CN3CCN(Cc4ccc(OCC(F)(F)F)cc4)CC3)cc(=O)n2c1. The van der Waals surface area contributed by atoms with Gasteiger partial charge in [0.15, 0.2) is 6.61 Å². The van der Waals surface area contributed by atoms with Gasteiger partial charge in [-0.3, -0.25) is 19.0 Å². The van der Waals surface area contributed by atoms with Crippen LogP contribution in [-0.4, -0.2) is 58.1 Å². The Kier molecular flexibility index (Phi) is 6.48. The minimum atomic E-state index is -4.34. The lowest BCUT2D eigenvalue weighted by Crippen LogP contribution is -2.45. The maximum absolute atomic E-state index is 12.4. The second-order valence-electron chi connectivity index (χ2n) is 8.12. The van der Waals surface area contributed by atoms with Crippen LogP contribution in [0.25, 0.3) is 5.65 Å². The first-order chi connectivity index (χ1) is 15.2. The van der Waals surface area contributed by atoms with Crippen LogP contribution in [0.3, 0.4) is 0 Å². The Hall–Kier alpha value is -2.91. The van der Waals surface area contributed by atoms with Crippen molar-refractivity contribution in [2.75, 3.05) is 32.8 Å². The summed E-state index contributed by atoms with van der Waals surface area (Å²) in [5, 5.41) is 0. The van der Waals surface area contributed by atoms with Crippen LogP contribution in [0, 0.1) is 6.92 Å². The van der Waals surface area contributed by atoms with Crippen LogP contribution < -0.4 is 10.3 Å². The second kappa shape index (κ2) is 9.30. The monoisotopic (exact) mass is 446 g/mol. The fourth-order valence-electron chi connectivity index (χ4n) is 3.79. The Morgan fingerprint density at radius 2 is 1.62 bits per heavy atom. The van der Waals surface area contributed by atoms with Crippen molar-refractivity contribution >= 4 is 5.65 Å². The van der Waals surface area contributed by atoms with E-state index >= 15 is 0 Å². The molecule has 170 valence electrons. The lowest BCUT2D eigenvalue weighted by molar-refractivity contribution is -0.153. The smallest absolute Gasteiger partial charge is 0.422 e. The van der Waals surface area contributed by atoms with Gasteiger partial charge in [-0.05, 0) is 36.2 Å². The molecule has 0 atom stereocenters. The molecule has 1 aliphatic rings. The molecule has 3 heterocycles. The summed E-state index contributed by atoms with van der Waals surface area (Å²) in [6, 6.07) is 12.1. The zero-order valence-corrected chi connectivity index (χ0v) is 17.8. The molecule has 1 aliphatic heterocycles. The molecule has 0 radical (unpaired) electrons. The van der Waals surface area contributed by atoms with Gasteiger partial charge in [-0.1, -0.05) is 18.2 Å². The minimum absolute atomic E-state index is 0.0741. The van der Waals surface area contributed by atoms with Gasteiger partial charge >= 0.3 is 6.18 Å². The standard InChI is InChI=1S/C23H25F3N4O2/c1-17-2-7-21-27-19(12-22(31)30(21)13-17)15-29-10-8-28(9-11-29)14-18-3-5-20(6-4-18)32-16-23(24,25)26/h2-7,12-13H,8-11,14-16H2,1H3. The summed E-state index contributed by atoms with van der Waals surface area (Å²) in [5.74, 6) is 0.213. The first-order valence-corrected chi connectivity index (χ1v) is 10.5. The molecule has 3 aromatic rings. The Labute approximate surface area is 183 Å². The molecule has 4 rings (SSSR count). The number of hydrogen-bond acceptors (Lipinski definition) is 5. The summed E-state index contributed by atoms with van der Waals surface area (Å²) in [6.07, 6.45) is -2.55. The van der Waals surface area contributed by atoms with Crippen LogP contribution in [0.1, 0.15) is 16.8 Å². The predicted octanol–water partition coefficient (Wildman–Crippen LogP) is 3.26. The molecular weight excluding hydrogens is 421 g/mol. The average Bonchev–Trinajstić information content (AvgIpc) is 2.75. The molecule has 1 fully saturated rings. The lowest BCUT2D eigenvalue weighted by Gasteiger charge is -2.34. The molecule has 32 heavy (non-hydrogen) atoms. The van der Waals surface area contributed by atoms with E-state index in [1.807, 2.05) is 19.1 Å². The molecule has 1 aromatic carbocycles. The Bertz CT molecular complexity index is 1120. The summed E-state index contributed by atoms with van der Waals surface area (Å²) >= 11 is 0. The zero-order valence-electron chi connectivity index (χ0n) is 17.8. The van der Waals surface area contributed by atoms with E-state index in [2.05, 4.69) is 14.8 Å². The molecule has 0 N–H and O–H groups in total. The van der Waals surface area contributed by atoms with Crippen LogP contribution in [0.2, 0.25) is 0 Å². The molecule has 6 nitrogen and oxygen atoms in total. The Morgan fingerprint density at radius 3 is 2.28 bits per heavy atom. The van der Waals surface area contributed by atoms with Crippen molar-refractivity contribution in [1.29, 1.82) is 0 Å². The molecule has 9 heteroatoms. The van der Waals surface area contributed by atoms with Crippen molar-refractivity contribution in [3.05, 3.63) is 75.8 Å². The van der Waals surface area contributed by atoms with Gasteiger partial charge in [0.05, 0.1) is 5.69 Å². The quantitative estimate of drug-likeness (QED) is 0.582. The number of hydrogen-bond donors (Lipinski definition) is 0. The summed E-state index contributed by atoms with van der Waals surface area (Å²) in [5.41, 5.74) is 3.38. The van der Waals surface area contributed by atoms with E-state index in [1.165, 1.54) is 0 Å². The number of pyridine rings is 1. The van der Waals surface area contributed by atoms with Crippen molar-refractivity contribution < 1.29 is 17.9 Å². The van der Waals surface area contributed by atoms with Gasteiger partial charge in [0.1, 0.15) is 11.4 Å². The number of benzene rings is 1. The van der Waals surface area contributed by atoms with Gasteiger partial charge in [0.2, 0.25) is 0 Å². The molecule has 0 aliphatic carbocycles. The fraction of sp³-hybridized carbons (Fsp3) is 0.391. The van der Waals surface area contributed by atoms with Gasteiger partial charge in [-0.2, -0.15) is 13.2 Å². The normalized spacial score (nSPS) is 15.9. The third-order valence-electron chi connectivity index (χ3n) is 5.44. The number of alkyl halides is 3. The van der Waals surface area contributed by atoms with Crippen LogP contribution in [0.5, 0.6) is 5.75 Å². The molecule has 0 unspecified atom stereocenters. The van der Waals surface area contributed by atoms with Crippen molar-refractivity contribution in [1.82, 2.24) is 19.2 Å². The van der Waals surface area contributed by atoms with Crippen molar-refractivity contribution in [3.8, 4) is 5.75 Å². The molecular formula is C23H25F3N4O2. The maximum Gasteiger partial charge on any atom is 0.422 e. The van der Waals surface area contributed by atoms with Crippen molar-refractivity contribution in [2.24, 2.45) is 0 Å². The summed E-state index contributed by atoms with van der Waals surface area (Å²) in [4.78, 5) is 21.6. The number of nitrogens with zero attached hydrogens (tertiary/aromatic N) is 4. The maximum atomic E-state index is 12.4. The van der Waals surface area contributed by atoms with Crippen molar-refractivity contribution in [3.63, 3.8) is 0 Å². The number of ether oxygens (including phenoxy) is 1. The highest BCUT2D eigenvalue weighted by Gasteiger charge is 2.28. The van der Waals surface area contributed by atoms with Gasteiger partial charge < -0.3 is 4.74 Å². The van der Waals surface area contributed by atoms with Gasteiger partial charge in [-0.25, -0.2) is 4.98 Å². The molecule has 1 saturated heterocycles. The predicted molar refractivity (Wildman–Crippen MR) is 115 cm³/mol. The molecule has 0 saturated carbocycles. The summed E-state index contributed by atoms with van der Waals surface area (Å²) in [7, 11) is 0. The van der Waals surface area contributed by atoms with E-state index in [9.17, 15) is 18.0 Å². The topological polar surface area (TPSA) is 50.1 Å². The molecule has 2 aromatic heterocycles. The van der Waals surface area contributed by atoms with Gasteiger partial charge in [-0.15, -0.1) is 0 Å². The molecule has 0 spiro atoms. The van der Waals surface area contributed by atoms with Crippen LogP contribution in [0.15, 0.2) is 53.5 Å². The first kappa shape index (κ1) is 22.3.